The summed E-state index contributed by atoms with van der Waals surface area (Å²) in [7, 11) is -2.69. The Kier molecular flexibility index (Phi) is 8.28. The Morgan fingerprint density at radius 1 is 0.759 bits per heavy atom. The maximum Gasteiger partial charge on any atom is 0.143 e. The van der Waals surface area contributed by atoms with Gasteiger partial charge in [0.15, 0.2) is 0 Å². The van der Waals surface area contributed by atoms with E-state index in [1.54, 1.807) is 0 Å². The highest BCUT2D eigenvalue weighted by Crippen LogP contribution is 2.44. The highest BCUT2D eigenvalue weighted by Gasteiger charge is 2.28. The van der Waals surface area contributed by atoms with Gasteiger partial charge in [-0.2, -0.15) is 0 Å². The topological polar surface area (TPSA) is 26.3 Å². The van der Waals surface area contributed by atoms with E-state index in [2.05, 4.69) is 19.1 Å². The van der Waals surface area contributed by atoms with Crippen LogP contribution in [-0.2, 0) is 15.9 Å². The van der Waals surface area contributed by atoms with Crippen molar-refractivity contribution in [2.75, 3.05) is 6.16 Å². The molecule has 0 aliphatic rings. The SMILES string of the molecule is CCCC[C@H](CCP(=O)(c1ccccc1)c1ccccc1)OCc1ccccc1. The number of ether oxygens (including phenoxy) is 1. The fraction of sp³-hybridized carbons (Fsp3) is 0.308. The Labute approximate surface area is 175 Å². The van der Waals surface area contributed by atoms with Crippen LogP contribution < -0.4 is 10.6 Å². The summed E-state index contributed by atoms with van der Waals surface area (Å²) in [4.78, 5) is 0. The summed E-state index contributed by atoms with van der Waals surface area (Å²) in [5.74, 6) is 0. The molecule has 0 radical (unpaired) electrons. The van der Waals surface area contributed by atoms with E-state index in [0.717, 1.165) is 36.3 Å². The number of hydrogen-bond donors (Lipinski definition) is 0. The fourth-order valence-electron chi connectivity index (χ4n) is 3.60. The van der Waals surface area contributed by atoms with Gasteiger partial charge in [-0.05, 0) is 18.4 Å². The lowest BCUT2D eigenvalue weighted by Crippen LogP contribution is -2.22. The maximum absolute atomic E-state index is 14.2. The van der Waals surface area contributed by atoms with Crippen LogP contribution in [0.2, 0.25) is 0 Å². The summed E-state index contributed by atoms with van der Waals surface area (Å²) < 4.78 is 20.5. The Hall–Kier alpha value is -2.15. The van der Waals surface area contributed by atoms with Gasteiger partial charge in [-0.3, -0.25) is 0 Å². The molecule has 0 saturated carbocycles. The fourth-order valence-corrected chi connectivity index (χ4v) is 6.38. The van der Waals surface area contributed by atoms with Crippen LogP contribution in [0.1, 0.15) is 38.2 Å². The second kappa shape index (κ2) is 11.1. The molecule has 3 heteroatoms. The van der Waals surface area contributed by atoms with E-state index in [1.807, 2.05) is 78.9 Å². The largest absolute Gasteiger partial charge is 0.374 e. The number of unbranched alkanes of at least 4 members (excludes halogenated alkanes) is 1. The Bertz CT molecular complexity index is 835. The first-order valence-electron chi connectivity index (χ1n) is 10.6. The highest BCUT2D eigenvalue weighted by atomic mass is 31.2. The minimum atomic E-state index is -2.69. The third-order valence-corrected chi connectivity index (χ3v) is 8.47. The lowest BCUT2D eigenvalue weighted by Gasteiger charge is -2.23. The van der Waals surface area contributed by atoms with Crippen molar-refractivity contribution in [3.8, 4) is 0 Å². The summed E-state index contributed by atoms with van der Waals surface area (Å²) in [6.07, 6.45) is 4.82. The van der Waals surface area contributed by atoms with Crippen molar-refractivity contribution in [2.45, 2.75) is 45.3 Å². The minimum Gasteiger partial charge on any atom is -0.374 e. The van der Waals surface area contributed by atoms with Gasteiger partial charge in [0, 0.05) is 16.8 Å². The van der Waals surface area contributed by atoms with Crippen LogP contribution in [-0.4, -0.2) is 12.3 Å². The molecule has 0 unspecified atom stereocenters. The van der Waals surface area contributed by atoms with Crippen LogP contribution in [0.3, 0.4) is 0 Å². The molecule has 0 heterocycles. The average molecular weight is 407 g/mol. The third kappa shape index (κ3) is 6.16. The van der Waals surface area contributed by atoms with Gasteiger partial charge in [-0.25, -0.2) is 0 Å². The van der Waals surface area contributed by atoms with Gasteiger partial charge in [0.1, 0.15) is 7.14 Å². The molecule has 1 atom stereocenters. The van der Waals surface area contributed by atoms with Gasteiger partial charge in [0.05, 0.1) is 12.7 Å². The van der Waals surface area contributed by atoms with E-state index in [1.165, 1.54) is 5.56 Å². The first-order chi connectivity index (χ1) is 14.2. The van der Waals surface area contributed by atoms with Crippen LogP contribution >= 0.6 is 7.14 Å². The maximum atomic E-state index is 14.2. The number of hydrogen-bond acceptors (Lipinski definition) is 2. The quantitative estimate of drug-likeness (QED) is 0.356. The summed E-state index contributed by atoms with van der Waals surface area (Å²) in [5, 5.41) is 1.87. The normalized spacial score (nSPS) is 12.6. The summed E-state index contributed by atoms with van der Waals surface area (Å²) in [5.41, 5.74) is 1.18. The molecule has 3 aromatic rings. The minimum absolute atomic E-state index is 0.121. The highest BCUT2D eigenvalue weighted by molar-refractivity contribution is 7.78. The molecule has 0 saturated heterocycles. The lowest BCUT2D eigenvalue weighted by molar-refractivity contribution is 0.0317. The predicted octanol–water partition coefficient (Wildman–Crippen LogP) is 6.17. The first kappa shape index (κ1) is 21.6. The Morgan fingerprint density at radius 3 is 1.79 bits per heavy atom. The van der Waals surface area contributed by atoms with E-state index >= 15 is 0 Å². The molecule has 0 fully saturated rings. The van der Waals surface area contributed by atoms with Crippen molar-refractivity contribution in [1.82, 2.24) is 0 Å². The molecule has 0 amide bonds. The Morgan fingerprint density at radius 2 is 1.28 bits per heavy atom. The molecule has 3 aromatic carbocycles. The van der Waals surface area contributed by atoms with Gasteiger partial charge in [0.25, 0.3) is 0 Å². The van der Waals surface area contributed by atoms with Crippen molar-refractivity contribution in [2.24, 2.45) is 0 Å². The summed E-state index contributed by atoms with van der Waals surface area (Å²) in [6, 6.07) is 30.2. The average Bonchev–Trinajstić information content (AvgIpc) is 2.80. The molecule has 0 N–H and O–H groups in total. The second-order valence-electron chi connectivity index (χ2n) is 7.48. The van der Waals surface area contributed by atoms with Crippen LogP contribution in [0.4, 0.5) is 0 Å². The van der Waals surface area contributed by atoms with Crippen molar-refractivity contribution < 1.29 is 9.30 Å². The monoisotopic (exact) mass is 406 g/mol. The van der Waals surface area contributed by atoms with Crippen LogP contribution in [0.25, 0.3) is 0 Å². The molecular formula is C26H31O2P. The molecule has 152 valence electrons. The summed E-state index contributed by atoms with van der Waals surface area (Å²) in [6.45, 7) is 2.81. The zero-order chi connectivity index (χ0) is 20.4. The number of benzene rings is 3. The number of rotatable bonds is 11. The molecule has 0 aliphatic carbocycles. The van der Waals surface area contributed by atoms with E-state index in [9.17, 15) is 4.57 Å². The second-order valence-corrected chi connectivity index (χ2v) is 10.4. The van der Waals surface area contributed by atoms with E-state index in [-0.39, 0.29) is 6.10 Å². The van der Waals surface area contributed by atoms with E-state index < -0.39 is 7.14 Å². The molecule has 2 nitrogen and oxygen atoms in total. The van der Waals surface area contributed by atoms with Crippen molar-refractivity contribution in [3.63, 3.8) is 0 Å². The first-order valence-corrected chi connectivity index (χ1v) is 12.5. The molecule has 0 aromatic heterocycles. The molecule has 3 rings (SSSR count). The van der Waals surface area contributed by atoms with E-state index in [0.29, 0.717) is 12.8 Å². The zero-order valence-corrected chi connectivity index (χ0v) is 18.1. The molecular weight excluding hydrogens is 375 g/mol. The zero-order valence-electron chi connectivity index (χ0n) is 17.2. The van der Waals surface area contributed by atoms with Gasteiger partial charge in [0.2, 0.25) is 0 Å². The van der Waals surface area contributed by atoms with Crippen LogP contribution in [0.5, 0.6) is 0 Å². The lowest BCUT2D eigenvalue weighted by atomic mass is 10.1. The van der Waals surface area contributed by atoms with Crippen LogP contribution in [0.15, 0.2) is 91.0 Å². The molecule has 0 aliphatic heterocycles. The molecule has 0 bridgehead atoms. The van der Waals surface area contributed by atoms with Crippen LogP contribution in [0, 0.1) is 0 Å². The summed E-state index contributed by atoms with van der Waals surface area (Å²) >= 11 is 0. The van der Waals surface area contributed by atoms with Crippen molar-refractivity contribution in [1.29, 1.82) is 0 Å². The Balaban J connectivity index is 1.75. The standard InChI is InChI=1S/C26H31O2P/c1-2-3-15-24(28-22-23-13-7-4-8-14-23)20-21-29(27,25-16-9-5-10-17-25)26-18-11-6-12-19-26/h4-14,16-19,24H,2-3,15,20-22H2,1H3/t24-/m1/s1. The molecule has 0 spiro atoms. The van der Waals surface area contributed by atoms with Gasteiger partial charge < -0.3 is 9.30 Å². The van der Waals surface area contributed by atoms with E-state index in [4.69, 9.17) is 4.74 Å². The third-order valence-electron chi connectivity index (χ3n) is 5.32. The predicted molar refractivity (Wildman–Crippen MR) is 124 cm³/mol. The van der Waals surface area contributed by atoms with Gasteiger partial charge >= 0.3 is 0 Å². The smallest absolute Gasteiger partial charge is 0.143 e. The van der Waals surface area contributed by atoms with Crippen molar-refractivity contribution in [3.05, 3.63) is 96.6 Å². The van der Waals surface area contributed by atoms with Crippen molar-refractivity contribution >= 4 is 17.8 Å². The van der Waals surface area contributed by atoms with Gasteiger partial charge in [-0.1, -0.05) is 111 Å². The molecule has 29 heavy (non-hydrogen) atoms. The van der Waals surface area contributed by atoms with Gasteiger partial charge in [-0.15, -0.1) is 0 Å².